The van der Waals surface area contributed by atoms with Crippen LogP contribution < -0.4 is 4.74 Å². The molecule has 1 unspecified atom stereocenters. The van der Waals surface area contributed by atoms with Crippen molar-refractivity contribution in [2.45, 2.75) is 13.0 Å². The van der Waals surface area contributed by atoms with Gasteiger partial charge in [-0.15, -0.1) is 11.3 Å². The Morgan fingerprint density at radius 3 is 2.59 bits per heavy atom. The molecule has 1 N–H and O–H groups in total. The zero-order valence-corrected chi connectivity index (χ0v) is 15.7. The Morgan fingerprint density at radius 1 is 1.36 bits per heavy atom. The fourth-order valence-corrected chi connectivity index (χ4v) is 4.01. The molecule has 1 aromatic heterocycles. The van der Waals surface area contributed by atoms with Crippen LogP contribution in [0.2, 0.25) is 0 Å². The molecule has 0 radical (unpaired) electrons. The zero-order chi connectivity index (χ0) is 16.1. The summed E-state index contributed by atoms with van der Waals surface area (Å²) in [5, 5.41) is 12.3. The maximum Gasteiger partial charge on any atom is 0.344 e. The Hall–Kier alpha value is -0.890. The van der Waals surface area contributed by atoms with Gasteiger partial charge in [0.25, 0.3) is 0 Å². The number of benzene rings is 1. The second kappa shape index (κ2) is 8.10. The molecule has 0 saturated heterocycles. The van der Waals surface area contributed by atoms with Crippen molar-refractivity contribution in [3.8, 4) is 5.75 Å². The standard InChI is InChI=1S/C15H14Br2O4S/c1-2-20-13(18)8-21-15-10(16)6-9(7-11(15)17)14(19)12-4-3-5-22-12/h3-7,14,19H,2,8H2,1H3. The van der Waals surface area contributed by atoms with Crippen LogP contribution in [0.3, 0.4) is 0 Å². The molecule has 2 aromatic rings. The van der Waals surface area contributed by atoms with E-state index in [0.717, 1.165) is 10.4 Å². The number of hydrogen-bond donors (Lipinski definition) is 1. The van der Waals surface area contributed by atoms with Gasteiger partial charge in [-0.1, -0.05) is 6.07 Å². The lowest BCUT2D eigenvalue weighted by atomic mass is 10.1. The Morgan fingerprint density at radius 2 is 2.05 bits per heavy atom. The van der Waals surface area contributed by atoms with E-state index in [1.165, 1.54) is 11.3 Å². The van der Waals surface area contributed by atoms with Crippen LogP contribution in [0, 0.1) is 0 Å². The largest absolute Gasteiger partial charge is 0.480 e. The molecule has 0 fully saturated rings. The monoisotopic (exact) mass is 448 g/mol. The number of aliphatic hydroxyl groups excluding tert-OH is 1. The van der Waals surface area contributed by atoms with Gasteiger partial charge in [-0.05, 0) is 67.9 Å². The number of hydrogen-bond acceptors (Lipinski definition) is 5. The van der Waals surface area contributed by atoms with Gasteiger partial charge in [-0.2, -0.15) is 0 Å². The summed E-state index contributed by atoms with van der Waals surface area (Å²) in [6.45, 7) is 1.89. The van der Waals surface area contributed by atoms with E-state index < -0.39 is 12.1 Å². The van der Waals surface area contributed by atoms with Gasteiger partial charge >= 0.3 is 5.97 Å². The SMILES string of the molecule is CCOC(=O)COc1c(Br)cc(C(O)c2cccs2)cc1Br. The van der Waals surface area contributed by atoms with E-state index in [1.54, 1.807) is 19.1 Å². The third kappa shape index (κ3) is 4.32. The number of halogens is 2. The minimum Gasteiger partial charge on any atom is -0.480 e. The first-order chi connectivity index (χ1) is 10.5. The van der Waals surface area contributed by atoms with Gasteiger partial charge in [-0.3, -0.25) is 0 Å². The minimum absolute atomic E-state index is 0.169. The van der Waals surface area contributed by atoms with Crippen molar-refractivity contribution in [1.82, 2.24) is 0 Å². The average molecular weight is 450 g/mol. The Balaban J connectivity index is 2.16. The van der Waals surface area contributed by atoms with Gasteiger partial charge in [-0.25, -0.2) is 4.79 Å². The molecule has 7 heteroatoms. The third-order valence-corrected chi connectivity index (χ3v) is 4.89. The number of carbonyl (C=O) groups is 1. The van der Waals surface area contributed by atoms with Crippen LogP contribution in [0.25, 0.3) is 0 Å². The molecular formula is C15H14Br2O4S. The van der Waals surface area contributed by atoms with Crippen molar-refractivity contribution >= 4 is 49.2 Å². The Bertz CT molecular complexity index is 620. The predicted molar refractivity (Wildman–Crippen MR) is 92.4 cm³/mol. The smallest absolute Gasteiger partial charge is 0.344 e. The summed E-state index contributed by atoms with van der Waals surface area (Å²) in [4.78, 5) is 12.2. The van der Waals surface area contributed by atoms with Crippen molar-refractivity contribution in [2.75, 3.05) is 13.2 Å². The second-order valence-electron chi connectivity index (χ2n) is 4.33. The van der Waals surface area contributed by atoms with Crippen molar-refractivity contribution in [3.63, 3.8) is 0 Å². The summed E-state index contributed by atoms with van der Waals surface area (Å²) in [5.74, 6) is 0.0687. The van der Waals surface area contributed by atoms with Crippen LogP contribution in [0.4, 0.5) is 0 Å². The van der Waals surface area contributed by atoms with Gasteiger partial charge < -0.3 is 14.6 Å². The minimum atomic E-state index is -0.702. The number of ether oxygens (including phenoxy) is 2. The highest BCUT2D eigenvalue weighted by Gasteiger charge is 2.17. The molecule has 0 spiro atoms. The number of carbonyl (C=O) groups excluding carboxylic acids is 1. The van der Waals surface area contributed by atoms with E-state index >= 15 is 0 Å². The molecule has 0 amide bonds. The number of thiophene rings is 1. The Kier molecular flexibility index (Phi) is 6.43. The number of esters is 1. The van der Waals surface area contributed by atoms with E-state index in [0.29, 0.717) is 21.3 Å². The summed E-state index contributed by atoms with van der Waals surface area (Å²) in [6.07, 6.45) is -0.702. The summed E-state index contributed by atoms with van der Waals surface area (Å²) >= 11 is 8.30. The summed E-state index contributed by atoms with van der Waals surface area (Å²) in [6, 6.07) is 7.32. The summed E-state index contributed by atoms with van der Waals surface area (Å²) in [5.41, 5.74) is 0.727. The van der Waals surface area contributed by atoms with Gasteiger partial charge in [0, 0.05) is 4.88 Å². The molecular weight excluding hydrogens is 436 g/mol. The van der Waals surface area contributed by atoms with E-state index in [1.807, 2.05) is 17.5 Å². The number of rotatable bonds is 6. The first-order valence-electron chi connectivity index (χ1n) is 6.51. The van der Waals surface area contributed by atoms with Crippen LogP contribution in [0.5, 0.6) is 5.75 Å². The summed E-state index contributed by atoms with van der Waals surface area (Å²) < 4.78 is 11.6. The number of aliphatic hydroxyl groups is 1. The van der Waals surface area contributed by atoms with E-state index in [9.17, 15) is 9.90 Å². The van der Waals surface area contributed by atoms with Crippen LogP contribution in [0.1, 0.15) is 23.5 Å². The fourth-order valence-electron chi connectivity index (χ4n) is 1.82. The predicted octanol–water partition coefficient (Wildman–Crippen LogP) is 4.30. The molecule has 0 aliphatic heterocycles. The molecule has 1 heterocycles. The molecule has 22 heavy (non-hydrogen) atoms. The second-order valence-corrected chi connectivity index (χ2v) is 7.01. The first-order valence-corrected chi connectivity index (χ1v) is 8.98. The lowest BCUT2D eigenvalue weighted by Crippen LogP contribution is -2.15. The lowest BCUT2D eigenvalue weighted by molar-refractivity contribution is -0.145. The van der Waals surface area contributed by atoms with E-state index in [2.05, 4.69) is 31.9 Å². The van der Waals surface area contributed by atoms with E-state index in [-0.39, 0.29) is 6.61 Å². The molecule has 4 nitrogen and oxygen atoms in total. The van der Waals surface area contributed by atoms with Crippen molar-refractivity contribution < 1.29 is 19.4 Å². The normalized spacial score (nSPS) is 12.0. The lowest BCUT2D eigenvalue weighted by Gasteiger charge is -2.14. The molecule has 0 aliphatic rings. The molecule has 1 aromatic carbocycles. The van der Waals surface area contributed by atoms with Crippen LogP contribution in [0.15, 0.2) is 38.6 Å². The van der Waals surface area contributed by atoms with Crippen molar-refractivity contribution in [2.24, 2.45) is 0 Å². The first kappa shape index (κ1) is 17.5. The summed E-state index contributed by atoms with van der Waals surface area (Å²) in [7, 11) is 0. The molecule has 0 aliphatic carbocycles. The van der Waals surface area contributed by atoms with Crippen LogP contribution in [-0.2, 0) is 9.53 Å². The zero-order valence-electron chi connectivity index (χ0n) is 11.7. The van der Waals surface area contributed by atoms with Gasteiger partial charge in [0.15, 0.2) is 6.61 Å². The highest BCUT2D eigenvalue weighted by atomic mass is 79.9. The van der Waals surface area contributed by atoms with Gasteiger partial charge in [0.05, 0.1) is 15.6 Å². The van der Waals surface area contributed by atoms with Crippen molar-refractivity contribution in [3.05, 3.63) is 49.0 Å². The molecule has 118 valence electrons. The third-order valence-electron chi connectivity index (χ3n) is 2.79. The fraction of sp³-hybridized carbons (Fsp3) is 0.267. The molecule has 1 atom stereocenters. The Labute approximate surface area is 149 Å². The molecule has 0 saturated carbocycles. The average Bonchev–Trinajstić information content (AvgIpc) is 2.99. The van der Waals surface area contributed by atoms with E-state index in [4.69, 9.17) is 9.47 Å². The molecule has 0 bridgehead atoms. The quantitative estimate of drug-likeness (QED) is 0.668. The highest BCUT2D eigenvalue weighted by Crippen LogP contribution is 2.38. The molecule has 2 rings (SSSR count). The highest BCUT2D eigenvalue weighted by molar-refractivity contribution is 9.11. The maximum atomic E-state index is 11.4. The van der Waals surface area contributed by atoms with Crippen molar-refractivity contribution in [1.29, 1.82) is 0 Å². The van der Waals surface area contributed by atoms with Gasteiger partial charge in [0.2, 0.25) is 0 Å². The maximum absolute atomic E-state index is 11.4. The van der Waals surface area contributed by atoms with Crippen LogP contribution in [-0.4, -0.2) is 24.3 Å². The van der Waals surface area contributed by atoms with Crippen LogP contribution >= 0.6 is 43.2 Å². The topological polar surface area (TPSA) is 55.8 Å². The van der Waals surface area contributed by atoms with Gasteiger partial charge in [0.1, 0.15) is 11.9 Å².